The van der Waals surface area contributed by atoms with Crippen LogP contribution in [0.2, 0.25) is 0 Å². The van der Waals surface area contributed by atoms with E-state index in [4.69, 9.17) is 0 Å². The predicted molar refractivity (Wildman–Crippen MR) is 103 cm³/mol. The van der Waals surface area contributed by atoms with Crippen LogP contribution in [0, 0.1) is 0 Å². The van der Waals surface area contributed by atoms with Crippen molar-refractivity contribution in [3.05, 3.63) is 72.1 Å². The van der Waals surface area contributed by atoms with Gasteiger partial charge in [-0.05, 0) is 49.2 Å². The standard InChI is InChI=1S/C20H19N3O3S/c1-27(25,26)17-9-5-6-15(12-17)21-20(24)19-13-18(14-10-11-14)22-23(19)16-7-3-2-4-8-16/h2-9,12-14H,10-11H2,1H3,(H,21,24). The third-order valence-electron chi connectivity index (χ3n) is 4.48. The summed E-state index contributed by atoms with van der Waals surface area (Å²) in [6, 6.07) is 17.5. The number of amides is 1. The van der Waals surface area contributed by atoms with Gasteiger partial charge in [0.1, 0.15) is 5.69 Å². The second-order valence-electron chi connectivity index (χ2n) is 6.73. The van der Waals surface area contributed by atoms with Crippen molar-refractivity contribution >= 4 is 21.4 Å². The number of hydrogen-bond donors (Lipinski definition) is 1. The van der Waals surface area contributed by atoms with E-state index >= 15 is 0 Å². The molecule has 1 N–H and O–H groups in total. The van der Waals surface area contributed by atoms with Crippen LogP contribution in [-0.2, 0) is 9.84 Å². The molecule has 0 radical (unpaired) electrons. The van der Waals surface area contributed by atoms with Crippen molar-refractivity contribution in [3.63, 3.8) is 0 Å². The van der Waals surface area contributed by atoms with E-state index in [9.17, 15) is 13.2 Å². The highest BCUT2D eigenvalue weighted by atomic mass is 32.2. The summed E-state index contributed by atoms with van der Waals surface area (Å²) >= 11 is 0. The van der Waals surface area contributed by atoms with Crippen molar-refractivity contribution in [2.24, 2.45) is 0 Å². The molecule has 27 heavy (non-hydrogen) atoms. The second-order valence-corrected chi connectivity index (χ2v) is 8.75. The summed E-state index contributed by atoms with van der Waals surface area (Å²) < 4.78 is 25.1. The number of nitrogens with one attached hydrogen (secondary N) is 1. The van der Waals surface area contributed by atoms with Crippen LogP contribution in [0.15, 0.2) is 65.6 Å². The molecule has 138 valence electrons. The fourth-order valence-electron chi connectivity index (χ4n) is 2.91. The lowest BCUT2D eigenvalue weighted by molar-refractivity contribution is 0.101. The first-order valence-corrected chi connectivity index (χ1v) is 10.6. The minimum Gasteiger partial charge on any atom is -0.321 e. The van der Waals surface area contributed by atoms with Gasteiger partial charge < -0.3 is 5.32 Å². The number of benzene rings is 2. The van der Waals surface area contributed by atoms with Crippen molar-refractivity contribution in [2.45, 2.75) is 23.7 Å². The Bertz CT molecular complexity index is 1100. The summed E-state index contributed by atoms with van der Waals surface area (Å²) in [5, 5.41) is 7.41. The smallest absolute Gasteiger partial charge is 0.274 e. The van der Waals surface area contributed by atoms with Crippen molar-refractivity contribution in [2.75, 3.05) is 11.6 Å². The van der Waals surface area contributed by atoms with Gasteiger partial charge in [0.2, 0.25) is 0 Å². The lowest BCUT2D eigenvalue weighted by Crippen LogP contribution is -2.17. The summed E-state index contributed by atoms with van der Waals surface area (Å²) in [6.07, 6.45) is 3.31. The second kappa shape index (κ2) is 6.66. The van der Waals surface area contributed by atoms with Crippen LogP contribution in [0.25, 0.3) is 5.69 Å². The summed E-state index contributed by atoms with van der Waals surface area (Å²) in [6.45, 7) is 0. The Kier molecular flexibility index (Phi) is 4.31. The highest BCUT2D eigenvalue weighted by Gasteiger charge is 2.29. The zero-order valence-corrected chi connectivity index (χ0v) is 15.6. The largest absolute Gasteiger partial charge is 0.321 e. The molecule has 1 aliphatic carbocycles. The van der Waals surface area contributed by atoms with Gasteiger partial charge in [-0.1, -0.05) is 24.3 Å². The van der Waals surface area contributed by atoms with Gasteiger partial charge in [-0.2, -0.15) is 5.10 Å². The normalized spacial score (nSPS) is 14.1. The Morgan fingerprint density at radius 2 is 1.81 bits per heavy atom. The van der Waals surface area contributed by atoms with Crippen LogP contribution < -0.4 is 5.32 Å². The molecule has 3 aromatic rings. The van der Waals surface area contributed by atoms with Crippen LogP contribution >= 0.6 is 0 Å². The zero-order chi connectivity index (χ0) is 19.0. The summed E-state index contributed by atoms with van der Waals surface area (Å²) in [4.78, 5) is 13.1. The van der Waals surface area contributed by atoms with Crippen molar-refractivity contribution in [1.29, 1.82) is 0 Å². The molecule has 2 aromatic carbocycles. The molecule has 6 nitrogen and oxygen atoms in total. The molecule has 0 atom stereocenters. The fraction of sp³-hybridized carbons (Fsp3) is 0.200. The third-order valence-corrected chi connectivity index (χ3v) is 5.59. The van der Waals surface area contributed by atoms with E-state index in [1.807, 2.05) is 36.4 Å². The molecule has 4 rings (SSSR count). The molecule has 0 spiro atoms. The quantitative estimate of drug-likeness (QED) is 0.734. The molecule has 0 bridgehead atoms. The Morgan fingerprint density at radius 1 is 1.07 bits per heavy atom. The Balaban J connectivity index is 1.68. The first kappa shape index (κ1) is 17.5. The highest BCUT2D eigenvalue weighted by molar-refractivity contribution is 7.90. The number of para-hydroxylation sites is 1. The molecule has 0 saturated heterocycles. The van der Waals surface area contributed by atoms with E-state index in [-0.39, 0.29) is 10.8 Å². The first-order valence-electron chi connectivity index (χ1n) is 8.69. The maximum atomic E-state index is 12.9. The molecule has 1 aliphatic rings. The van der Waals surface area contributed by atoms with Crippen LogP contribution in [0.1, 0.15) is 34.9 Å². The monoisotopic (exact) mass is 381 g/mol. The molecule has 0 unspecified atom stereocenters. The van der Waals surface area contributed by atoms with Gasteiger partial charge in [-0.3, -0.25) is 4.79 Å². The summed E-state index contributed by atoms with van der Waals surface area (Å²) in [5.41, 5.74) is 2.57. The maximum absolute atomic E-state index is 12.9. The minimum atomic E-state index is -3.34. The Morgan fingerprint density at radius 3 is 2.48 bits per heavy atom. The van der Waals surface area contributed by atoms with E-state index in [0.717, 1.165) is 30.5 Å². The number of nitrogens with zero attached hydrogens (tertiary/aromatic N) is 2. The number of anilines is 1. The third kappa shape index (κ3) is 3.78. The van der Waals surface area contributed by atoms with Crippen LogP contribution in [0.3, 0.4) is 0 Å². The SMILES string of the molecule is CS(=O)(=O)c1cccc(NC(=O)c2cc(C3CC3)nn2-c2ccccc2)c1. The molecule has 1 fully saturated rings. The van der Waals surface area contributed by atoms with Crippen LogP contribution in [0.4, 0.5) is 5.69 Å². The van der Waals surface area contributed by atoms with Gasteiger partial charge >= 0.3 is 0 Å². The maximum Gasteiger partial charge on any atom is 0.274 e. The number of hydrogen-bond acceptors (Lipinski definition) is 4. The Hall–Kier alpha value is -2.93. The van der Waals surface area contributed by atoms with Gasteiger partial charge in [-0.15, -0.1) is 0 Å². The average molecular weight is 381 g/mol. The number of aromatic nitrogens is 2. The molecule has 1 saturated carbocycles. The van der Waals surface area contributed by atoms with Gasteiger partial charge in [0.25, 0.3) is 5.91 Å². The van der Waals surface area contributed by atoms with Gasteiger partial charge in [0.05, 0.1) is 16.3 Å². The van der Waals surface area contributed by atoms with Gasteiger partial charge in [-0.25, -0.2) is 13.1 Å². The number of carbonyl (C=O) groups excluding carboxylic acids is 1. The van der Waals surface area contributed by atoms with Gasteiger partial charge in [0.15, 0.2) is 9.84 Å². The van der Waals surface area contributed by atoms with Crippen molar-refractivity contribution in [3.8, 4) is 5.69 Å². The average Bonchev–Trinajstić information content (AvgIpc) is 3.40. The predicted octanol–water partition coefficient (Wildman–Crippen LogP) is 3.41. The van der Waals surface area contributed by atoms with Crippen molar-refractivity contribution < 1.29 is 13.2 Å². The zero-order valence-electron chi connectivity index (χ0n) is 14.8. The van der Waals surface area contributed by atoms with E-state index in [2.05, 4.69) is 10.4 Å². The molecule has 0 aliphatic heterocycles. The molecule has 1 aromatic heterocycles. The molecule has 7 heteroatoms. The van der Waals surface area contributed by atoms with Crippen LogP contribution in [-0.4, -0.2) is 30.4 Å². The van der Waals surface area contributed by atoms with E-state index in [1.54, 1.807) is 16.8 Å². The number of rotatable bonds is 5. The van der Waals surface area contributed by atoms with E-state index in [0.29, 0.717) is 17.3 Å². The molecular weight excluding hydrogens is 362 g/mol. The number of sulfone groups is 1. The van der Waals surface area contributed by atoms with E-state index < -0.39 is 9.84 Å². The first-order chi connectivity index (χ1) is 12.9. The van der Waals surface area contributed by atoms with E-state index in [1.165, 1.54) is 12.1 Å². The topological polar surface area (TPSA) is 81.1 Å². The number of carbonyl (C=O) groups is 1. The molecule has 1 heterocycles. The summed E-state index contributed by atoms with van der Waals surface area (Å²) in [5.74, 6) is 0.0824. The summed E-state index contributed by atoms with van der Waals surface area (Å²) in [7, 11) is -3.34. The fourth-order valence-corrected chi connectivity index (χ4v) is 3.57. The molecule has 1 amide bonds. The minimum absolute atomic E-state index is 0.163. The van der Waals surface area contributed by atoms with Gasteiger partial charge in [0, 0.05) is 17.9 Å². The van der Waals surface area contributed by atoms with Crippen LogP contribution in [0.5, 0.6) is 0 Å². The lowest BCUT2D eigenvalue weighted by atomic mass is 10.2. The molecular formula is C20H19N3O3S. The highest BCUT2D eigenvalue weighted by Crippen LogP contribution is 2.39. The Labute approximate surface area is 157 Å². The van der Waals surface area contributed by atoms with Crippen molar-refractivity contribution in [1.82, 2.24) is 9.78 Å². The lowest BCUT2D eigenvalue weighted by Gasteiger charge is -2.09.